The second-order valence-electron chi connectivity index (χ2n) is 4.24. The van der Waals surface area contributed by atoms with Gasteiger partial charge in [-0.3, -0.25) is 0 Å². The Labute approximate surface area is 138 Å². The van der Waals surface area contributed by atoms with Crippen molar-refractivity contribution < 1.29 is 14.2 Å². The van der Waals surface area contributed by atoms with Crippen LogP contribution in [0, 0.1) is 0 Å². The van der Waals surface area contributed by atoms with E-state index in [9.17, 15) is 0 Å². The number of nitrogen functional groups attached to an aromatic ring is 2. The molecule has 0 atom stereocenters. The van der Waals surface area contributed by atoms with E-state index < -0.39 is 0 Å². The Morgan fingerprint density at radius 3 is 2.28 bits per heavy atom. The molecule has 0 saturated heterocycles. The zero-order valence-corrected chi connectivity index (χ0v) is 15.8. The summed E-state index contributed by atoms with van der Waals surface area (Å²) in [6.07, 6.45) is 6.48. The monoisotopic (exact) mass is 511 g/mol. The van der Waals surface area contributed by atoms with Crippen molar-refractivity contribution in [1.82, 2.24) is 0 Å². The molecule has 3 nitrogen and oxygen atoms in total. The number of hydrogen-bond acceptors (Lipinski definition) is 3. The SMILES string of the molecule is Nc1ccc(OC2CCCCC2)c(N)c1.[I][V][I]. The fourth-order valence-corrected chi connectivity index (χ4v) is 2.04. The summed E-state index contributed by atoms with van der Waals surface area (Å²) in [5, 5.41) is 0. The van der Waals surface area contributed by atoms with E-state index in [1.54, 1.807) is 6.07 Å². The van der Waals surface area contributed by atoms with E-state index in [0.29, 0.717) is 26.9 Å². The zero-order valence-electron chi connectivity index (χ0n) is 10.1. The number of halogens is 2. The van der Waals surface area contributed by atoms with Crippen molar-refractivity contribution in [1.29, 1.82) is 0 Å². The number of nitrogens with two attached hydrogens (primary N) is 2. The molecule has 4 N–H and O–H groups in total. The molecule has 0 aliphatic heterocycles. The van der Waals surface area contributed by atoms with Crippen molar-refractivity contribution in [3.8, 4) is 5.75 Å². The average Bonchev–Trinajstić information content (AvgIpc) is 2.35. The van der Waals surface area contributed by atoms with Gasteiger partial charge in [0.1, 0.15) is 5.75 Å². The van der Waals surface area contributed by atoms with Gasteiger partial charge in [0.05, 0.1) is 11.8 Å². The minimum atomic E-state index is 0.338. The predicted octanol–water partition coefficient (Wildman–Crippen LogP) is 4.33. The Hall–Kier alpha value is 0.664. The summed E-state index contributed by atoms with van der Waals surface area (Å²) in [4.78, 5) is 0. The van der Waals surface area contributed by atoms with E-state index in [1.807, 2.05) is 12.1 Å². The van der Waals surface area contributed by atoms with E-state index in [4.69, 9.17) is 16.2 Å². The summed E-state index contributed by atoms with van der Waals surface area (Å²) >= 11 is 4.74. The molecule has 1 fully saturated rings. The van der Waals surface area contributed by atoms with Crippen LogP contribution in [0.2, 0.25) is 0 Å². The third-order valence-corrected chi connectivity index (χ3v) is 2.88. The maximum absolute atomic E-state index is 5.86. The molecule has 0 spiro atoms. The molecule has 101 valence electrons. The van der Waals surface area contributed by atoms with Crippen LogP contribution in [0.1, 0.15) is 32.1 Å². The predicted molar refractivity (Wildman–Crippen MR) is 90.8 cm³/mol. The van der Waals surface area contributed by atoms with Crippen LogP contribution in [0.5, 0.6) is 5.75 Å². The van der Waals surface area contributed by atoms with Gasteiger partial charge in [-0.2, -0.15) is 0 Å². The maximum atomic E-state index is 5.86. The van der Waals surface area contributed by atoms with Crippen LogP contribution in [-0.4, -0.2) is 6.10 Å². The van der Waals surface area contributed by atoms with Crippen LogP contribution in [0.4, 0.5) is 11.4 Å². The van der Waals surface area contributed by atoms with Crippen LogP contribution in [-0.2, 0) is 9.47 Å². The molecule has 0 bridgehead atoms. The number of benzene rings is 1. The van der Waals surface area contributed by atoms with Gasteiger partial charge in [-0.05, 0) is 43.9 Å². The first-order valence-corrected chi connectivity index (χ1v) is 14.9. The molecule has 1 saturated carbocycles. The Morgan fingerprint density at radius 1 is 1.11 bits per heavy atom. The van der Waals surface area contributed by atoms with Crippen LogP contribution < -0.4 is 16.2 Å². The van der Waals surface area contributed by atoms with Crippen LogP contribution >= 0.6 is 40.0 Å². The zero-order chi connectivity index (χ0) is 13.4. The Bertz CT molecular complexity index is 360. The van der Waals surface area contributed by atoms with Gasteiger partial charge in [-0.15, -0.1) is 0 Å². The van der Waals surface area contributed by atoms with Gasteiger partial charge < -0.3 is 16.2 Å². The third-order valence-electron chi connectivity index (χ3n) is 2.88. The molecular weight excluding hydrogens is 493 g/mol. The van der Waals surface area contributed by atoms with Crippen molar-refractivity contribution in [2.24, 2.45) is 0 Å². The van der Waals surface area contributed by atoms with E-state index in [-0.39, 0.29) is 0 Å². The van der Waals surface area contributed by atoms with Gasteiger partial charge in [0, 0.05) is 5.69 Å². The van der Waals surface area contributed by atoms with Gasteiger partial charge in [-0.1, -0.05) is 6.42 Å². The van der Waals surface area contributed by atoms with Gasteiger partial charge in [-0.25, -0.2) is 0 Å². The van der Waals surface area contributed by atoms with Gasteiger partial charge in [0.25, 0.3) is 0 Å². The van der Waals surface area contributed by atoms with E-state index in [0.717, 1.165) is 18.6 Å². The van der Waals surface area contributed by atoms with Crippen molar-refractivity contribution >= 4 is 51.3 Å². The van der Waals surface area contributed by atoms with Crippen LogP contribution in [0.3, 0.4) is 0 Å². The normalized spacial score (nSPS) is 15.4. The molecule has 0 radical (unpaired) electrons. The van der Waals surface area contributed by atoms with Gasteiger partial charge >= 0.3 is 49.4 Å². The Kier molecular flexibility index (Phi) is 8.87. The fourth-order valence-electron chi connectivity index (χ4n) is 2.04. The summed E-state index contributed by atoms with van der Waals surface area (Å²) in [6.45, 7) is 0. The molecule has 0 unspecified atom stereocenters. The molecule has 1 aliphatic rings. The third kappa shape index (κ3) is 6.21. The first kappa shape index (κ1) is 16.7. The van der Waals surface area contributed by atoms with Crippen LogP contribution in [0.15, 0.2) is 18.2 Å². The molecule has 0 heterocycles. The molecule has 18 heavy (non-hydrogen) atoms. The summed E-state index contributed by atoms with van der Waals surface area (Å²) in [5.41, 5.74) is 12.8. The molecule has 1 aromatic carbocycles. The average molecular weight is 511 g/mol. The number of anilines is 2. The van der Waals surface area contributed by atoms with Crippen molar-refractivity contribution in [3.63, 3.8) is 0 Å². The summed E-state index contributed by atoms with van der Waals surface area (Å²) < 4.78 is 5.86. The molecule has 6 heteroatoms. The Balaban J connectivity index is 0.000000492. The van der Waals surface area contributed by atoms with Crippen molar-refractivity contribution in [3.05, 3.63) is 18.2 Å². The van der Waals surface area contributed by atoms with E-state index in [1.165, 1.54) is 19.3 Å². The van der Waals surface area contributed by atoms with Crippen LogP contribution in [0.25, 0.3) is 0 Å². The molecule has 0 aromatic heterocycles. The number of ether oxygens (including phenoxy) is 1. The topological polar surface area (TPSA) is 61.3 Å². The summed E-state index contributed by atoms with van der Waals surface area (Å²) in [7, 11) is 0.628. The summed E-state index contributed by atoms with van der Waals surface area (Å²) in [6, 6.07) is 5.44. The molecule has 2 rings (SSSR count). The second-order valence-corrected chi connectivity index (χ2v) is 16.0. The van der Waals surface area contributed by atoms with E-state index in [2.05, 4.69) is 40.0 Å². The fraction of sp³-hybridized carbons (Fsp3) is 0.500. The van der Waals surface area contributed by atoms with Crippen molar-refractivity contribution in [2.45, 2.75) is 38.2 Å². The second kappa shape index (κ2) is 9.55. The standard InChI is InChI=1S/C12H18N2O.2HI.V/c13-9-6-7-12(11(14)8-9)15-10-4-2-1-3-5-10;;;/h6-8,10H,1-5,13-14H2;2*1H;/q;;;+2/p-2. The quantitative estimate of drug-likeness (QED) is 0.460. The van der Waals surface area contributed by atoms with E-state index >= 15 is 0 Å². The molecule has 0 amide bonds. The van der Waals surface area contributed by atoms with Gasteiger partial charge in [0.2, 0.25) is 0 Å². The molecule has 1 aromatic rings. The molecule has 1 aliphatic carbocycles. The number of rotatable bonds is 2. The first-order chi connectivity index (χ1) is 8.67. The number of hydrogen-bond donors (Lipinski definition) is 2. The first-order valence-electron chi connectivity index (χ1n) is 5.91. The molecular formula is C12H18I2N2OV. The van der Waals surface area contributed by atoms with Crippen molar-refractivity contribution in [2.75, 3.05) is 11.5 Å². The summed E-state index contributed by atoms with van der Waals surface area (Å²) in [5.74, 6) is 0.774. The Morgan fingerprint density at radius 2 is 1.72 bits per heavy atom. The minimum absolute atomic E-state index is 0.338. The van der Waals surface area contributed by atoms with Gasteiger partial charge in [0.15, 0.2) is 0 Å².